The second-order valence-corrected chi connectivity index (χ2v) is 6.22. The van der Waals surface area contributed by atoms with E-state index in [9.17, 15) is 14.4 Å². The number of rotatable bonds is 6. The summed E-state index contributed by atoms with van der Waals surface area (Å²) in [6.07, 6.45) is 0.561. The van der Waals surface area contributed by atoms with Gasteiger partial charge in [0.05, 0.1) is 11.1 Å². The van der Waals surface area contributed by atoms with Gasteiger partial charge in [0.2, 0.25) is 5.13 Å². The van der Waals surface area contributed by atoms with E-state index in [1.54, 1.807) is 14.0 Å². The van der Waals surface area contributed by atoms with Gasteiger partial charge in [0.15, 0.2) is 0 Å². The first kappa shape index (κ1) is 17.2. The van der Waals surface area contributed by atoms with Gasteiger partial charge in [-0.25, -0.2) is 4.98 Å². The van der Waals surface area contributed by atoms with Gasteiger partial charge < -0.3 is 4.74 Å². The minimum Gasteiger partial charge on any atom is -0.385 e. The van der Waals surface area contributed by atoms with Gasteiger partial charge in [0, 0.05) is 37.4 Å². The average molecular weight is 360 g/mol. The van der Waals surface area contributed by atoms with Crippen molar-refractivity contribution in [2.75, 3.05) is 25.6 Å². The van der Waals surface area contributed by atoms with Gasteiger partial charge in [0.1, 0.15) is 5.82 Å². The van der Waals surface area contributed by atoms with Crippen molar-refractivity contribution in [1.82, 2.24) is 14.3 Å². The minimum absolute atomic E-state index is 0.239. The fraction of sp³-hybridized carbons (Fsp3) is 0.312. The largest absolute Gasteiger partial charge is 0.385 e. The van der Waals surface area contributed by atoms with Crippen molar-refractivity contribution in [3.05, 3.63) is 40.7 Å². The predicted octanol–water partition coefficient (Wildman–Crippen LogP) is 1.73. The number of imide groups is 1. The van der Waals surface area contributed by atoms with E-state index in [-0.39, 0.29) is 23.6 Å². The highest BCUT2D eigenvalue weighted by atomic mass is 32.1. The zero-order valence-corrected chi connectivity index (χ0v) is 14.6. The summed E-state index contributed by atoms with van der Waals surface area (Å²) in [6.45, 7) is 2.47. The van der Waals surface area contributed by atoms with Crippen LogP contribution >= 0.6 is 11.5 Å². The summed E-state index contributed by atoms with van der Waals surface area (Å²) in [6, 6.07) is 4.47. The number of amides is 3. The van der Waals surface area contributed by atoms with E-state index in [1.807, 2.05) is 0 Å². The molecule has 0 saturated heterocycles. The molecule has 3 amide bonds. The summed E-state index contributed by atoms with van der Waals surface area (Å²) in [5.74, 6) is -0.570. The lowest BCUT2D eigenvalue weighted by Gasteiger charge is -2.12. The number of hydrogen-bond donors (Lipinski definition) is 1. The van der Waals surface area contributed by atoms with Crippen LogP contribution in [0.15, 0.2) is 18.2 Å². The van der Waals surface area contributed by atoms with Crippen molar-refractivity contribution in [2.24, 2.45) is 0 Å². The zero-order chi connectivity index (χ0) is 18.0. The first-order valence-electron chi connectivity index (χ1n) is 7.62. The number of aryl methyl sites for hydroxylation is 1. The van der Waals surface area contributed by atoms with E-state index in [4.69, 9.17) is 4.74 Å². The Bertz CT molecular complexity index is 848. The molecule has 2 aromatic rings. The Kier molecular flexibility index (Phi) is 4.86. The van der Waals surface area contributed by atoms with Gasteiger partial charge in [-0.1, -0.05) is 0 Å². The molecule has 0 aliphatic carbocycles. The normalized spacial score (nSPS) is 13.3. The SMILES string of the molecule is COCCCN1C(=O)c2ccc(C(=O)Nc3nc(C)ns3)cc2C1=O. The number of methoxy groups -OCH3 is 1. The Labute approximate surface area is 148 Å². The van der Waals surface area contributed by atoms with E-state index in [0.717, 1.165) is 11.5 Å². The number of nitrogens with one attached hydrogen (secondary N) is 1. The third-order valence-corrected chi connectivity index (χ3v) is 4.43. The first-order chi connectivity index (χ1) is 12.0. The molecule has 1 aromatic carbocycles. The molecule has 0 bridgehead atoms. The molecule has 9 heteroatoms. The second kappa shape index (κ2) is 7.08. The molecule has 0 saturated carbocycles. The second-order valence-electron chi connectivity index (χ2n) is 5.47. The number of nitrogens with zero attached hydrogens (tertiary/aromatic N) is 3. The molecule has 8 nitrogen and oxygen atoms in total. The number of fused-ring (bicyclic) bond motifs is 1. The topological polar surface area (TPSA) is 101 Å². The number of hydrogen-bond acceptors (Lipinski definition) is 7. The third-order valence-electron chi connectivity index (χ3n) is 3.71. The van der Waals surface area contributed by atoms with Crippen LogP contribution in [-0.2, 0) is 4.74 Å². The molecule has 1 aliphatic rings. The molecular formula is C16H16N4O4S. The van der Waals surface area contributed by atoms with Crippen molar-refractivity contribution in [1.29, 1.82) is 0 Å². The zero-order valence-electron chi connectivity index (χ0n) is 13.7. The number of aromatic nitrogens is 2. The summed E-state index contributed by atoms with van der Waals surface area (Å²) in [7, 11) is 1.56. The molecule has 0 unspecified atom stereocenters. The van der Waals surface area contributed by atoms with E-state index in [1.165, 1.54) is 23.1 Å². The Hall–Kier alpha value is -2.65. The van der Waals surface area contributed by atoms with Gasteiger partial charge in [0.25, 0.3) is 17.7 Å². The third kappa shape index (κ3) is 3.42. The highest BCUT2D eigenvalue weighted by Crippen LogP contribution is 2.24. The van der Waals surface area contributed by atoms with E-state index in [0.29, 0.717) is 29.5 Å². The molecule has 130 valence electrons. The van der Waals surface area contributed by atoms with Crippen LogP contribution < -0.4 is 5.32 Å². The predicted molar refractivity (Wildman–Crippen MR) is 90.9 cm³/mol. The summed E-state index contributed by atoms with van der Waals surface area (Å²) < 4.78 is 8.93. The Morgan fingerprint density at radius 3 is 2.72 bits per heavy atom. The van der Waals surface area contributed by atoms with Crippen LogP contribution in [0.25, 0.3) is 0 Å². The lowest BCUT2D eigenvalue weighted by atomic mass is 10.1. The quantitative estimate of drug-likeness (QED) is 0.622. The van der Waals surface area contributed by atoms with Crippen LogP contribution in [0.4, 0.5) is 5.13 Å². The first-order valence-corrected chi connectivity index (χ1v) is 8.39. The number of anilines is 1. The van der Waals surface area contributed by atoms with E-state index < -0.39 is 11.8 Å². The molecule has 0 radical (unpaired) electrons. The minimum atomic E-state index is -0.406. The standard InChI is InChI=1S/C16H16N4O4S/c1-9-17-16(25-19-9)18-13(21)10-4-5-11-12(8-10)15(23)20(14(11)22)6-3-7-24-2/h4-5,8H,3,6-7H2,1-2H3,(H,17,18,19,21). The van der Waals surface area contributed by atoms with Crippen LogP contribution in [0.3, 0.4) is 0 Å². The average Bonchev–Trinajstić information content (AvgIpc) is 3.11. The molecule has 2 heterocycles. The lowest BCUT2D eigenvalue weighted by Crippen LogP contribution is -2.31. The molecule has 25 heavy (non-hydrogen) atoms. The maximum absolute atomic E-state index is 12.5. The molecule has 0 spiro atoms. The number of carbonyl (C=O) groups is 3. The number of benzene rings is 1. The molecule has 3 rings (SSSR count). The van der Waals surface area contributed by atoms with E-state index in [2.05, 4.69) is 14.7 Å². The number of ether oxygens (including phenoxy) is 1. The smallest absolute Gasteiger partial charge is 0.261 e. The van der Waals surface area contributed by atoms with Crippen LogP contribution in [-0.4, -0.2) is 52.2 Å². The van der Waals surface area contributed by atoms with Crippen molar-refractivity contribution in [3.8, 4) is 0 Å². The van der Waals surface area contributed by atoms with Crippen LogP contribution in [0, 0.1) is 6.92 Å². The molecule has 1 aliphatic heterocycles. The highest BCUT2D eigenvalue weighted by molar-refractivity contribution is 7.09. The lowest BCUT2D eigenvalue weighted by molar-refractivity contribution is 0.0638. The fourth-order valence-corrected chi connectivity index (χ4v) is 3.09. The molecule has 1 aromatic heterocycles. The van der Waals surface area contributed by atoms with Crippen LogP contribution in [0.5, 0.6) is 0 Å². The van der Waals surface area contributed by atoms with E-state index >= 15 is 0 Å². The van der Waals surface area contributed by atoms with Gasteiger partial charge >= 0.3 is 0 Å². The van der Waals surface area contributed by atoms with Crippen LogP contribution in [0.2, 0.25) is 0 Å². The Morgan fingerprint density at radius 2 is 2.04 bits per heavy atom. The van der Waals surface area contributed by atoms with Crippen molar-refractivity contribution in [2.45, 2.75) is 13.3 Å². The van der Waals surface area contributed by atoms with Crippen molar-refractivity contribution < 1.29 is 19.1 Å². The van der Waals surface area contributed by atoms with Gasteiger partial charge in [-0.2, -0.15) is 4.37 Å². The van der Waals surface area contributed by atoms with Crippen molar-refractivity contribution in [3.63, 3.8) is 0 Å². The Balaban J connectivity index is 1.78. The van der Waals surface area contributed by atoms with Gasteiger partial charge in [-0.05, 0) is 31.5 Å². The monoisotopic (exact) mass is 360 g/mol. The molecule has 0 atom stereocenters. The molecular weight excluding hydrogens is 344 g/mol. The highest BCUT2D eigenvalue weighted by Gasteiger charge is 2.35. The number of carbonyl (C=O) groups excluding carboxylic acids is 3. The molecule has 1 N–H and O–H groups in total. The van der Waals surface area contributed by atoms with Gasteiger partial charge in [-0.3, -0.25) is 24.6 Å². The Morgan fingerprint density at radius 1 is 1.28 bits per heavy atom. The summed E-state index contributed by atoms with van der Waals surface area (Å²) in [4.78, 5) is 42.3. The summed E-state index contributed by atoms with van der Waals surface area (Å²) in [5, 5.41) is 3.01. The maximum atomic E-state index is 12.5. The van der Waals surface area contributed by atoms with Crippen molar-refractivity contribution >= 4 is 34.4 Å². The molecule has 0 fully saturated rings. The fourth-order valence-electron chi connectivity index (χ4n) is 2.52. The van der Waals surface area contributed by atoms with Crippen LogP contribution in [0.1, 0.15) is 43.3 Å². The maximum Gasteiger partial charge on any atom is 0.261 e. The van der Waals surface area contributed by atoms with Gasteiger partial charge in [-0.15, -0.1) is 0 Å². The summed E-state index contributed by atoms with van der Waals surface area (Å²) in [5.41, 5.74) is 0.834. The summed E-state index contributed by atoms with van der Waals surface area (Å²) >= 11 is 1.08.